The lowest BCUT2D eigenvalue weighted by atomic mass is 10.2. The monoisotopic (exact) mass is 207 g/mol. The molecule has 15 heavy (non-hydrogen) atoms. The Labute approximate surface area is 87.3 Å². The van der Waals surface area contributed by atoms with Gasteiger partial charge in [-0.1, -0.05) is 12.1 Å². The summed E-state index contributed by atoms with van der Waals surface area (Å²) in [5.74, 6) is 1.79. The lowest BCUT2D eigenvalue weighted by molar-refractivity contribution is 0.414. The molecule has 0 aromatic carbocycles. The highest BCUT2D eigenvalue weighted by Gasteiger charge is 2.14. The van der Waals surface area contributed by atoms with Crippen molar-refractivity contribution in [3.05, 3.63) is 23.9 Å². The van der Waals surface area contributed by atoms with E-state index < -0.39 is 0 Å². The molecule has 0 aliphatic rings. The van der Waals surface area contributed by atoms with Crippen molar-refractivity contribution >= 4 is 0 Å². The van der Waals surface area contributed by atoms with Crippen molar-refractivity contribution in [1.29, 1.82) is 0 Å². The van der Waals surface area contributed by atoms with Gasteiger partial charge in [0.15, 0.2) is 5.82 Å². The molecule has 1 unspecified atom stereocenters. The van der Waals surface area contributed by atoms with E-state index in [4.69, 9.17) is 14.7 Å². The van der Waals surface area contributed by atoms with E-state index in [1.807, 2.05) is 19.9 Å². The van der Waals surface area contributed by atoms with E-state index in [9.17, 15) is 0 Å². The average Bonchev–Trinajstić information content (AvgIpc) is 2.84. The SMILES string of the molecule is CCC(N)c1noc(-c2coc(C)c2)n1. The Balaban J connectivity index is 2.27. The third kappa shape index (κ3) is 1.92. The van der Waals surface area contributed by atoms with Crippen molar-refractivity contribution in [3.8, 4) is 11.5 Å². The van der Waals surface area contributed by atoms with Crippen LogP contribution in [0.15, 0.2) is 21.3 Å². The van der Waals surface area contributed by atoms with Gasteiger partial charge in [0.25, 0.3) is 5.89 Å². The van der Waals surface area contributed by atoms with E-state index in [2.05, 4.69) is 10.1 Å². The average molecular weight is 207 g/mol. The summed E-state index contributed by atoms with van der Waals surface area (Å²) < 4.78 is 10.2. The van der Waals surface area contributed by atoms with Crippen LogP contribution in [0.5, 0.6) is 0 Å². The third-order valence-electron chi connectivity index (χ3n) is 2.19. The summed E-state index contributed by atoms with van der Waals surface area (Å²) >= 11 is 0. The van der Waals surface area contributed by atoms with Gasteiger partial charge in [0.05, 0.1) is 11.6 Å². The molecule has 0 bridgehead atoms. The zero-order valence-corrected chi connectivity index (χ0v) is 8.73. The first-order chi connectivity index (χ1) is 7.20. The molecule has 2 aromatic rings. The predicted octanol–water partition coefficient (Wildman–Crippen LogP) is 2.05. The van der Waals surface area contributed by atoms with E-state index >= 15 is 0 Å². The summed E-state index contributed by atoms with van der Waals surface area (Å²) in [6, 6.07) is 1.67. The molecule has 2 rings (SSSR count). The Morgan fingerprint density at radius 2 is 2.33 bits per heavy atom. The fourth-order valence-corrected chi connectivity index (χ4v) is 1.24. The third-order valence-corrected chi connectivity index (χ3v) is 2.19. The molecule has 5 heteroatoms. The quantitative estimate of drug-likeness (QED) is 0.833. The van der Waals surface area contributed by atoms with E-state index in [0.717, 1.165) is 17.7 Å². The van der Waals surface area contributed by atoms with Crippen molar-refractivity contribution in [3.63, 3.8) is 0 Å². The van der Waals surface area contributed by atoms with Gasteiger partial charge in [-0.05, 0) is 19.4 Å². The molecule has 1 atom stereocenters. The van der Waals surface area contributed by atoms with Crippen LogP contribution in [-0.2, 0) is 0 Å². The Bertz CT molecular complexity index is 447. The maximum absolute atomic E-state index is 5.78. The van der Waals surface area contributed by atoms with Crippen LogP contribution >= 0.6 is 0 Å². The van der Waals surface area contributed by atoms with Gasteiger partial charge in [-0.25, -0.2) is 0 Å². The molecule has 0 saturated heterocycles. The maximum atomic E-state index is 5.78. The van der Waals surface area contributed by atoms with Crippen molar-refractivity contribution in [2.24, 2.45) is 5.73 Å². The van der Waals surface area contributed by atoms with Crippen molar-refractivity contribution in [1.82, 2.24) is 10.1 Å². The van der Waals surface area contributed by atoms with Gasteiger partial charge in [-0.2, -0.15) is 4.98 Å². The number of nitrogens with two attached hydrogens (primary N) is 1. The Morgan fingerprint density at radius 1 is 1.53 bits per heavy atom. The molecule has 2 N–H and O–H groups in total. The van der Waals surface area contributed by atoms with E-state index in [-0.39, 0.29) is 6.04 Å². The number of aryl methyl sites for hydroxylation is 1. The predicted molar refractivity (Wildman–Crippen MR) is 54.0 cm³/mol. The summed E-state index contributed by atoms with van der Waals surface area (Å²) in [6.45, 7) is 3.83. The molecule has 0 spiro atoms. The lowest BCUT2D eigenvalue weighted by Gasteiger charge is -1.98. The van der Waals surface area contributed by atoms with E-state index in [1.165, 1.54) is 0 Å². The van der Waals surface area contributed by atoms with E-state index in [1.54, 1.807) is 6.26 Å². The Morgan fingerprint density at radius 3 is 2.93 bits per heavy atom. The minimum atomic E-state index is -0.171. The van der Waals surface area contributed by atoms with E-state index in [0.29, 0.717) is 11.7 Å². The molecule has 2 heterocycles. The molecule has 2 aromatic heterocycles. The van der Waals surface area contributed by atoms with Crippen LogP contribution in [0.2, 0.25) is 0 Å². The second-order valence-electron chi connectivity index (χ2n) is 3.42. The molecule has 0 aliphatic carbocycles. The first-order valence-corrected chi connectivity index (χ1v) is 4.85. The summed E-state index contributed by atoms with van der Waals surface area (Å²) in [5, 5.41) is 3.82. The molecular formula is C10H13N3O2. The first kappa shape index (κ1) is 9.92. The van der Waals surface area contributed by atoms with Crippen LogP contribution in [-0.4, -0.2) is 10.1 Å². The normalized spacial score (nSPS) is 13.0. The van der Waals surface area contributed by atoms with Crippen LogP contribution < -0.4 is 5.73 Å². The van der Waals surface area contributed by atoms with Gasteiger partial charge in [-0.3, -0.25) is 0 Å². The smallest absolute Gasteiger partial charge is 0.261 e. The van der Waals surface area contributed by atoms with Crippen molar-refractivity contribution < 1.29 is 8.94 Å². The minimum Gasteiger partial charge on any atom is -0.469 e. The maximum Gasteiger partial charge on any atom is 0.261 e. The summed E-state index contributed by atoms with van der Waals surface area (Å²) in [6.07, 6.45) is 2.37. The summed E-state index contributed by atoms with van der Waals surface area (Å²) in [4.78, 5) is 4.20. The second-order valence-corrected chi connectivity index (χ2v) is 3.42. The van der Waals surface area contributed by atoms with Gasteiger partial charge in [-0.15, -0.1) is 0 Å². The first-order valence-electron chi connectivity index (χ1n) is 4.85. The number of hydrogen-bond acceptors (Lipinski definition) is 5. The molecule has 0 saturated carbocycles. The van der Waals surface area contributed by atoms with Gasteiger partial charge in [0.2, 0.25) is 0 Å². The highest BCUT2D eigenvalue weighted by atomic mass is 16.5. The zero-order chi connectivity index (χ0) is 10.8. The number of hydrogen-bond donors (Lipinski definition) is 1. The zero-order valence-electron chi connectivity index (χ0n) is 8.73. The molecule has 0 fully saturated rings. The largest absolute Gasteiger partial charge is 0.469 e. The molecule has 5 nitrogen and oxygen atoms in total. The van der Waals surface area contributed by atoms with Crippen LogP contribution in [0.3, 0.4) is 0 Å². The second kappa shape index (κ2) is 3.86. The highest BCUT2D eigenvalue weighted by molar-refractivity contribution is 5.51. The topological polar surface area (TPSA) is 78.1 Å². The van der Waals surface area contributed by atoms with Gasteiger partial charge < -0.3 is 14.7 Å². The molecule has 80 valence electrons. The summed E-state index contributed by atoms with van der Waals surface area (Å²) in [7, 11) is 0. The number of nitrogens with zero attached hydrogens (tertiary/aromatic N) is 2. The van der Waals surface area contributed by atoms with Crippen LogP contribution in [0.1, 0.15) is 31.0 Å². The minimum absolute atomic E-state index is 0.171. The van der Waals surface area contributed by atoms with Crippen molar-refractivity contribution in [2.45, 2.75) is 26.3 Å². The molecule has 0 radical (unpaired) electrons. The number of aromatic nitrogens is 2. The standard InChI is InChI=1S/C10H13N3O2/c1-3-8(11)9-12-10(15-13-9)7-4-6(2)14-5-7/h4-5,8H,3,11H2,1-2H3. The van der Waals surface area contributed by atoms with Gasteiger partial charge >= 0.3 is 0 Å². The summed E-state index contributed by atoms with van der Waals surface area (Å²) in [5.41, 5.74) is 6.57. The van der Waals surface area contributed by atoms with Crippen molar-refractivity contribution in [2.75, 3.05) is 0 Å². The van der Waals surface area contributed by atoms with Gasteiger partial charge in [0.1, 0.15) is 12.0 Å². The highest BCUT2D eigenvalue weighted by Crippen LogP contribution is 2.21. The number of furan rings is 1. The van der Waals surface area contributed by atoms with Crippen LogP contribution in [0.4, 0.5) is 0 Å². The molecule has 0 amide bonds. The van der Waals surface area contributed by atoms with Gasteiger partial charge in [0, 0.05) is 0 Å². The van der Waals surface area contributed by atoms with Crippen LogP contribution in [0.25, 0.3) is 11.5 Å². The molecular weight excluding hydrogens is 194 g/mol. The Kier molecular flexibility index (Phi) is 2.55. The fourth-order valence-electron chi connectivity index (χ4n) is 1.24. The molecule has 0 aliphatic heterocycles. The Hall–Kier alpha value is -1.62. The number of rotatable bonds is 3. The van der Waals surface area contributed by atoms with Crippen LogP contribution in [0, 0.1) is 6.92 Å². The lowest BCUT2D eigenvalue weighted by Crippen LogP contribution is -2.10. The fraction of sp³-hybridized carbons (Fsp3) is 0.400.